The average molecular weight is 373 g/mol. The summed E-state index contributed by atoms with van der Waals surface area (Å²) in [5.74, 6) is 0.524. The quantitative estimate of drug-likeness (QED) is 0.815. The number of fused-ring (bicyclic) bond motifs is 1. The van der Waals surface area contributed by atoms with Crippen LogP contribution < -0.4 is 10.1 Å². The van der Waals surface area contributed by atoms with Gasteiger partial charge >= 0.3 is 5.97 Å². The lowest BCUT2D eigenvalue weighted by Crippen LogP contribution is -2.40. The van der Waals surface area contributed by atoms with E-state index in [-0.39, 0.29) is 18.0 Å². The van der Waals surface area contributed by atoms with Crippen molar-refractivity contribution in [3.63, 3.8) is 0 Å². The molecule has 7 nitrogen and oxygen atoms in total. The number of rotatable bonds is 5. The maximum absolute atomic E-state index is 12.0. The van der Waals surface area contributed by atoms with Crippen LogP contribution in [0.4, 0.5) is 0 Å². The third-order valence-corrected chi connectivity index (χ3v) is 5.40. The minimum Gasteiger partial charge on any atom is -0.496 e. The Balaban J connectivity index is 1.83. The Labute approximate surface area is 159 Å². The van der Waals surface area contributed by atoms with Gasteiger partial charge in [0.25, 0.3) is 0 Å². The Morgan fingerprint density at radius 1 is 1.30 bits per heavy atom. The average Bonchev–Trinajstić information content (AvgIpc) is 3.08. The number of nitrogens with zero attached hydrogens (tertiary/aromatic N) is 2. The summed E-state index contributed by atoms with van der Waals surface area (Å²) < 4.78 is 12.2. The molecule has 0 bridgehead atoms. The molecule has 1 aliphatic carbocycles. The second-order valence-corrected chi connectivity index (χ2v) is 7.19. The van der Waals surface area contributed by atoms with Gasteiger partial charge in [0.1, 0.15) is 11.3 Å². The van der Waals surface area contributed by atoms with E-state index in [0.717, 1.165) is 30.2 Å². The van der Waals surface area contributed by atoms with Gasteiger partial charge in [-0.15, -0.1) is 0 Å². The molecule has 0 saturated heterocycles. The number of hydrogen-bond acceptors (Lipinski definition) is 5. The van der Waals surface area contributed by atoms with Crippen molar-refractivity contribution >= 4 is 22.8 Å². The van der Waals surface area contributed by atoms with Gasteiger partial charge in [0.05, 0.1) is 25.8 Å². The fourth-order valence-corrected chi connectivity index (χ4v) is 3.91. The van der Waals surface area contributed by atoms with Crippen molar-refractivity contribution in [1.29, 1.82) is 0 Å². The summed E-state index contributed by atoms with van der Waals surface area (Å²) in [4.78, 5) is 23.6. The summed E-state index contributed by atoms with van der Waals surface area (Å²) >= 11 is 0. The monoisotopic (exact) mass is 373 g/mol. The highest BCUT2D eigenvalue weighted by Crippen LogP contribution is 2.35. The Morgan fingerprint density at radius 3 is 2.70 bits per heavy atom. The minimum atomic E-state index is -0.429. The lowest BCUT2D eigenvalue weighted by Gasteiger charge is -2.34. The van der Waals surface area contributed by atoms with Crippen molar-refractivity contribution in [2.75, 3.05) is 14.2 Å². The van der Waals surface area contributed by atoms with Gasteiger partial charge in [-0.2, -0.15) is 5.10 Å². The number of carbonyl (C=O) groups excluding carboxylic acids is 2. The van der Waals surface area contributed by atoms with Crippen LogP contribution in [-0.2, 0) is 9.53 Å². The van der Waals surface area contributed by atoms with Crippen LogP contribution >= 0.6 is 0 Å². The van der Waals surface area contributed by atoms with Crippen molar-refractivity contribution in [1.82, 2.24) is 15.1 Å². The maximum Gasteiger partial charge on any atom is 0.341 e. The highest BCUT2D eigenvalue weighted by atomic mass is 16.5. The number of carbonyl (C=O) groups is 2. The van der Waals surface area contributed by atoms with Crippen LogP contribution in [-0.4, -0.2) is 41.9 Å². The first kappa shape index (κ1) is 19.2. The maximum atomic E-state index is 12.0. The van der Waals surface area contributed by atoms with Crippen LogP contribution in [0.3, 0.4) is 0 Å². The molecule has 3 atom stereocenters. The van der Waals surface area contributed by atoms with Crippen molar-refractivity contribution in [3.05, 3.63) is 23.9 Å². The summed E-state index contributed by atoms with van der Waals surface area (Å²) in [5.41, 5.74) is 1.18. The van der Waals surface area contributed by atoms with E-state index in [9.17, 15) is 9.59 Å². The van der Waals surface area contributed by atoms with Crippen molar-refractivity contribution in [2.24, 2.45) is 5.92 Å². The number of amides is 1. The van der Waals surface area contributed by atoms with E-state index in [1.54, 1.807) is 12.1 Å². The van der Waals surface area contributed by atoms with Gasteiger partial charge in [0.15, 0.2) is 0 Å². The molecule has 1 aromatic carbocycles. The van der Waals surface area contributed by atoms with Crippen LogP contribution in [0.5, 0.6) is 5.75 Å². The van der Waals surface area contributed by atoms with Gasteiger partial charge in [-0.1, -0.05) is 13.8 Å². The summed E-state index contributed by atoms with van der Waals surface area (Å²) in [7, 11) is 2.88. The Hall–Kier alpha value is -2.57. The molecule has 1 amide bonds. The molecule has 1 aromatic heterocycles. The number of esters is 1. The zero-order valence-electron chi connectivity index (χ0n) is 16.3. The number of benzene rings is 1. The SMILES string of the molecule is CCC(=O)NC1CC[C@@H](n2cc3cc(C(=O)OC)c(OC)cc3n2)[C@H](C)C1. The van der Waals surface area contributed by atoms with E-state index in [2.05, 4.69) is 12.2 Å². The Bertz CT molecular complexity index is 845. The first-order valence-electron chi connectivity index (χ1n) is 9.41. The molecular formula is C20H27N3O4. The largest absolute Gasteiger partial charge is 0.496 e. The van der Waals surface area contributed by atoms with Crippen LogP contribution in [0.15, 0.2) is 18.3 Å². The third-order valence-electron chi connectivity index (χ3n) is 5.40. The summed E-state index contributed by atoms with van der Waals surface area (Å²) in [6.45, 7) is 4.07. The molecular weight excluding hydrogens is 346 g/mol. The van der Waals surface area contributed by atoms with Gasteiger partial charge in [-0.25, -0.2) is 4.79 Å². The molecule has 0 radical (unpaired) electrons. The molecule has 2 aromatic rings. The number of hydrogen-bond donors (Lipinski definition) is 1. The molecule has 1 N–H and O–H groups in total. The normalized spacial score (nSPS) is 22.4. The van der Waals surface area contributed by atoms with Crippen LogP contribution in [0, 0.1) is 5.92 Å². The lowest BCUT2D eigenvalue weighted by atomic mass is 9.82. The molecule has 1 heterocycles. The van der Waals surface area contributed by atoms with Crippen molar-refractivity contribution in [2.45, 2.75) is 51.6 Å². The molecule has 7 heteroatoms. The fourth-order valence-electron chi connectivity index (χ4n) is 3.91. The zero-order chi connectivity index (χ0) is 19.6. The first-order chi connectivity index (χ1) is 13.0. The van der Waals surface area contributed by atoms with Gasteiger partial charge in [0.2, 0.25) is 5.91 Å². The molecule has 146 valence electrons. The van der Waals surface area contributed by atoms with E-state index >= 15 is 0 Å². The lowest BCUT2D eigenvalue weighted by molar-refractivity contribution is -0.121. The summed E-state index contributed by atoms with van der Waals surface area (Å²) in [5, 5.41) is 8.70. The van der Waals surface area contributed by atoms with Crippen LogP contribution in [0.2, 0.25) is 0 Å². The zero-order valence-corrected chi connectivity index (χ0v) is 16.3. The van der Waals surface area contributed by atoms with Crippen LogP contribution in [0.1, 0.15) is 55.9 Å². The molecule has 1 unspecified atom stereocenters. The van der Waals surface area contributed by atoms with Crippen molar-refractivity contribution < 1.29 is 19.1 Å². The second kappa shape index (κ2) is 7.98. The third kappa shape index (κ3) is 3.91. The second-order valence-electron chi connectivity index (χ2n) is 7.19. The van der Waals surface area contributed by atoms with Gasteiger partial charge in [0, 0.05) is 30.1 Å². The number of ether oxygens (including phenoxy) is 2. The molecule has 0 spiro atoms. The van der Waals surface area contributed by atoms with Gasteiger partial charge < -0.3 is 14.8 Å². The summed E-state index contributed by atoms with van der Waals surface area (Å²) in [6.07, 6.45) is 5.32. The first-order valence-corrected chi connectivity index (χ1v) is 9.41. The molecule has 27 heavy (non-hydrogen) atoms. The number of nitrogens with one attached hydrogen (secondary N) is 1. The highest BCUT2D eigenvalue weighted by Gasteiger charge is 2.30. The highest BCUT2D eigenvalue weighted by molar-refractivity contribution is 5.97. The molecule has 1 saturated carbocycles. The number of aromatic nitrogens is 2. The smallest absolute Gasteiger partial charge is 0.341 e. The van der Waals surface area contributed by atoms with Gasteiger partial charge in [-0.05, 0) is 31.2 Å². The minimum absolute atomic E-state index is 0.109. The van der Waals surface area contributed by atoms with E-state index in [4.69, 9.17) is 14.6 Å². The molecule has 1 fully saturated rings. The van der Waals surface area contributed by atoms with E-state index in [1.807, 2.05) is 17.8 Å². The fraction of sp³-hybridized carbons (Fsp3) is 0.550. The van der Waals surface area contributed by atoms with E-state index in [1.165, 1.54) is 14.2 Å². The number of methoxy groups -OCH3 is 2. The topological polar surface area (TPSA) is 82.5 Å². The predicted molar refractivity (Wildman–Crippen MR) is 102 cm³/mol. The molecule has 1 aliphatic rings. The molecule has 3 rings (SSSR count). The van der Waals surface area contributed by atoms with Crippen molar-refractivity contribution in [3.8, 4) is 5.75 Å². The van der Waals surface area contributed by atoms with Crippen LogP contribution in [0.25, 0.3) is 10.9 Å². The standard InChI is InChI=1S/C20H27N3O4/c1-5-19(24)21-14-6-7-17(12(2)8-14)23-11-13-9-15(20(25)27-4)18(26-3)10-16(13)22-23/h9-12,14,17H,5-8H2,1-4H3,(H,21,24)/t12-,14?,17-/m1/s1. The molecule has 0 aliphatic heterocycles. The Morgan fingerprint density at radius 2 is 2.07 bits per heavy atom. The van der Waals surface area contributed by atoms with E-state index < -0.39 is 5.97 Å². The Kier molecular flexibility index (Phi) is 5.68. The van der Waals surface area contributed by atoms with Gasteiger partial charge in [-0.3, -0.25) is 9.48 Å². The predicted octanol–water partition coefficient (Wildman–Crippen LogP) is 3.09. The van der Waals surface area contributed by atoms with E-state index in [0.29, 0.717) is 23.7 Å². The summed E-state index contributed by atoms with van der Waals surface area (Å²) in [6, 6.07) is 4.04.